The Hall–Kier alpha value is -2.60. The number of nitrogens with zero attached hydrogens (tertiary/aromatic N) is 1. The first kappa shape index (κ1) is 15.8. The Bertz CT molecular complexity index is 717. The number of hydrogen-bond acceptors (Lipinski definition) is 5. The van der Waals surface area contributed by atoms with Crippen LogP contribution in [0, 0.1) is 17.0 Å². The van der Waals surface area contributed by atoms with Crippen molar-refractivity contribution in [1.82, 2.24) is 0 Å². The van der Waals surface area contributed by atoms with Crippen molar-refractivity contribution in [3.05, 3.63) is 63.2 Å². The highest BCUT2D eigenvalue weighted by Crippen LogP contribution is 2.23. The Morgan fingerprint density at radius 1 is 1.23 bits per heavy atom. The highest BCUT2D eigenvalue weighted by molar-refractivity contribution is 6.30. The number of ether oxygens (including phenoxy) is 2. The monoisotopic (exact) mass is 321 g/mol. The maximum Gasteiger partial charge on any atom is 0.349 e. The number of halogens is 1. The molecular weight excluding hydrogens is 310 g/mol. The lowest BCUT2D eigenvalue weighted by atomic mass is 10.2. The molecule has 0 radical (unpaired) electrons. The maximum absolute atomic E-state index is 11.7. The van der Waals surface area contributed by atoms with Crippen LogP contribution in [0.25, 0.3) is 0 Å². The van der Waals surface area contributed by atoms with Crippen LogP contribution >= 0.6 is 11.6 Å². The lowest BCUT2D eigenvalue weighted by Gasteiger charge is -2.07. The van der Waals surface area contributed by atoms with Crippen molar-refractivity contribution in [1.29, 1.82) is 0 Å². The molecule has 22 heavy (non-hydrogen) atoms. The van der Waals surface area contributed by atoms with Crippen LogP contribution in [-0.2, 0) is 4.79 Å². The number of nitro groups is 1. The standard InChI is InChI=1S/C15H12ClNO5/c1-10-7-12(5-6-14(10)17(19)20)21-9-15(18)22-13-4-2-3-11(16)8-13/h2-8H,9H2,1H3. The lowest BCUT2D eigenvalue weighted by molar-refractivity contribution is -0.385. The summed E-state index contributed by atoms with van der Waals surface area (Å²) in [4.78, 5) is 21.9. The quantitative estimate of drug-likeness (QED) is 0.364. The van der Waals surface area contributed by atoms with E-state index >= 15 is 0 Å². The number of aryl methyl sites for hydroxylation is 1. The van der Waals surface area contributed by atoms with Crippen LogP contribution in [-0.4, -0.2) is 17.5 Å². The van der Waals surface area contributed by atoms with Crippen LogP contribution in [0.3, 0.4) is 0 Å². The van der Waals surface area contributed by atoms with Crippen LogP contribution in [0.1, 0.15) is 5.56 Å². The van der Waals surface area contributed by atoms with E-state index in [0.717, 1.165) is 0 Å². The molecule has 2 aromatic carbocycles. The van der Waals surface area contributed by atoms with Crippen molar-refractivity contribution in [3.8, 4) is 11.5 Å². The van der Waals surface area contributed by atoms with Gasteiger partial charge in [0.2, 0.25) is 0 Å². The Morgan fingerprint density at radius 3 is 2.64 bits per heavy atom. The topological polar surface area (TPSA) is 78.7 Å². The van der Waals surface area contributed by atoms with Gasteiger partial charge in [0, 0.05) is 16.7 Å². The zero-order valence-corrected chi connectivity index (χ0v) is 12.4. The Kier molecular flexibility index (Phi) is 4.95. The average molecular weight is 322 g/mol. The van der Waals surface area contributed by atoms with Crippen LogP contribution in [0.4, 0.5) is 5.69 Å². The third-order valence-corrected chi connectivity index (χ3v) is 2.98. The molecule has 0 N–H and O–H groups in total. The zero-order valence-electron chi connectivity index (χ0n) is 11.6. The number of esters is 1. The first-order valence-electron chi connectivity index (χ1n) is 6.30. The molecule has 7 heteroatoms. The van der Waals surface area contributed by atoms with Gasteiger partial charge in [-0.25, -0.2) is 4.79 Å². The number of benzene rings is 2. The van der Waals surface area contributed by atoms with Gasteiger partial charge in [0.15, 0.2) is 6.61 Å². The van der Waals surface area contributed by atoms with Gasteiger partial charge in [0.1, 0.15) is 11.5 Å². The SMILES string of the molecule is Cc1cc(OCC(=O)Oc2cccc(Cl)c2)ccc1[N+](=O)[O-]. The largest absolute Gasteiger partial charge is 0.482 e. The Balaban J connectivity index is 1.94. The predicted molar refractivity (Wildman–Crippen MR) is 80.4 cm³/mol. The number of carbonyl (C=O) groups is 1. The fourth-order valence-corrected chi connectivity index (χ4v) is 1.94. The molecule has 0 spiro atoms. The maximum atomic E-state index is 11.7. The van der Waals surface area contributed by atoms with Gasteiger partial charge in [0.05, 0.1) is 4.92 Å². The summed E-state index contributed by atoms with van der Waals surface area (Å²) in [6.45, 7) is 1.28. The molecule has 0 aliphatic heterocycles. The summed E-state index contributed by atoms with van der Waals surface area (Å²) in [5.41, 5.74) is 0.444. The predicted octanol–water partition coefficient (Wildman–Crippen LogP) is 3.54. The summed E-state index contributed by atoms with van der Waals surface area (Å²) in [6, 6.07) is 10.7. The minimum atomic E-state index is -0.599. The first-order chi connectivity index (χ1) is 10.5. The smallest absolute Gasteiger partial charge is 0.349 e. The molecule has 2 rings (SSSR count). The summed E-state index contributed by atoms with van der Waals surface area (Å²) in [6.07, 6.45) is 0. The first-order valence-corrected chi connectivity index (χ1v) is 6.67. The summed E-state index contributed by atoms with van der Waals surface area (Å²) in [5, 5.41) is 11.2. The lowest BCUT2D eigenvalue weighted by Crippen LogP contribution is -2.17. The average Bonchev–Trinajstić information content (AvgIpc) is 2.45. The minimum Gasteiger partial charge on any atom is -0.482 e. The molecule has 6 nitrogen and oxygen atoms in total. The van der Waals surface area contributed by atoms with Crippen LogP contribution < -0.4 is 9.47 Å². The van der Waals surface area contributed by atoms with E-state index in [0.29, 0.717) is 22.1 Å². The van der Waals surface area contributed by atoms with Crippen LogP contribution in [0.5, 0.6) is 11.5 Å². The molecule has 0 atom stereocenters. The van der Waals surface area contributed by atoms with Crippen LogP contribution in [0.15, 0.2) is 42.5 Å². The molecule has 114 valence electrons. The molecular formula is C15H12ClNO5. The molecule has 2 aromatic rings. The van der Waals surface area contributed by atoms with Gasteiger partial charge in [0.25, 0.3) is 5.69 Å². The van der Waals surface area contributed by atoms with Crippen molar-refractivity contribution in [2.24, 2.45) is 0 Å². The summed E-state index contributed by atoms with van der Waals surface area (Å²) >= 11 is 5.78. The molecule has 0 bridgehead atoms. The second-order valence-electron chi connectivity index (χ2n) is 4.43. The van der Waals surface area contributed by atoms with Gasteiger partial charge in [-0.05, 0) is 37.3 Å². The molecule has 0 saturated carbocycles. The van der Waals surface area contributed by atoms with Crippen molar-refractivity contribution in [3.63, 3.8) is 0 Å². The van der Waals surface area contributed by atoms with Crippen molar-refractivity contribution in [2.45, 2.75) is 6.92 Å². The second-order valence-corrected chi connectivity index (χ2v) is 4.86. The molecule has 0 amide bonds. The molecule has 0 heterocycles. The number of rotatable bonds is 5. The summed E-state index contributed by atoms with van der Waals surface area (Å²) in [5.74, 6) is 0.0744. The fraction of sp³-hybridized carbons (Fsp3) is 0.133. The zero-order chi connectivity index (χ0) is 16.1. The highest BCUT2D eigenvalue weighted by Gasteiger charge is 2.12. The number of nitro benzene ring substituents is 1. The van der Waals surface area contributed by atoms with E-state index < -0.39 is 10.9 Å². The third kappa shape index (κ3) is 4.20. The van der Waals surface area contributed by atoms with E-state index in [1.807, 2.05) is 0 Å². The molecule has 0 saturated heterocycles. The Labute approximate surface area is 131 Å². The fourth-order valence-electron chi connectivity index (χ4n) is 1.76. The third-order valence-electron chi connectivity index (χ3n) is 2.75. The molecule has 0 unspecified atom stereocenters. The Morgan fingerprint density at radius 2 is 2.00 bits per heavy atom. The minimum absolute atomic E-state index is 0.00569. The number of carbonyl (C=O) groups excluding carboxylic acids is 1. The van der Waals surface area contributed by atoms with Crippen molar-refractivity contribution < 1.29 is 19.2 Å². The van der Waals surface area contributed by atoms with E-state index in [9.17, 15) is 14.9 Å². The van der Waals surface area contributed by atoms with Gasteiger partial charge in [-0.1, -0.05) is 17.7 Å². The van der Waals surface area contributed by atoms with E-state index in [4.69, 9.17) is 21.1 Å². The molecule has 0 fully saturated rings. The summed E-state index contributed by atoms with van der Waals surface area (Å²) in [7, 11) is 0. The molecule has 0 aliphatic rings. The normalized spacial score (nSPS) is 10.1. The second kappa shape index (κ2) is 6.91. The van der Waals surface area contributed by atoms with E-state index in [1.54, 1.807) is 25.1 Å². The van der Waals surface area contributed by atoms with E-state index in [-0.39, 0.29) is 12.3 Å². The van der Waals surface area contributed by atoms with Gasteiger partial charge in [-0.2, -0.15) is 0 Å². The van der Waals surface area contributed by atoms with E-state index in [2.05, 4.69) is 0 Å². The van der Waals surface area contributed by atoms with E-state index in [1.165, 1.54) is 24.3 Å². The molecule has 0 aromatic heterocycles. The van der Waals surface area contributed by atoms with Crippen molar-refractivity contribution >= 4 is 23.3 Å². The van der Waals surface area contributed by atoms with Gasteiger partial charge >= 0.3 is 5.97 Å². The van der Waals surface area contributed by atoms with Crippen molar-refractivity contribution in [2.75, 3.05) is 6.61 Å². The highest BCUT2D eigenvalue weighted by atomic mass is 35.5. The molecule has 0 aliphatic carbocycles. The van der Waals surface area contributed by atoms with Gasteiger partial charge < -0.3 is 9.47 Å². The van der Waals surface area contributed by atoms with Gasteiger partial charge in [-0.15, -0.1) is 0 Å². The number of hydrogen-bond donors (Lipinski definition) is 0. The van der Waals surface area contributed by atoms with Gasteiger partial charge in [-0.3, -0.25) is 10.1 Å². The van der Waals surface area contributed by atoms with Crippen LogP contribution in [0.2, 0.25) is 5.02 Å². The summed E-state index contributed by atoms with van der Waals surface area (Å²) < 4.78 is 10.3.